The van der Waals surface area contributed by atoms with Gasteiger partial charge in [0, 0.05) is 18.9 Å². The van der Waals surface area contributed by atoms with Gasteiger partial charge in [-0.2, -0.15) is 5.10 Å². The molecule has 0 aliphatic heterocycles. The molecule has 10 heavy (non-hydrogen) atoms. The SMILES string of the molecule is C=C(C)CCn1cccn1. The molecule has 1 aromatic heterocycles. The van der Waals surface area contributed by atoms with Gasteiger partial charge in [-0.15, -0.1) is 6.58 Å². The number of allylic oxidation sites excluding steroid dienone is 1. The Bertz CT molecular complexity index is 199. The number of hydrogen-bond acceptors (Lipinski definition) is 1. The van der Waals surface area contributed by atoms with Crippen molar-refractivity contribution in [2.45, 2.75) is 19.9 Å². The van der Waals surface area contributed by atoms with E-state index >= 15 is 0 Å². The van der Waals surface area contributed by atoms with Gasteiger partial charge in [-0.05, 0) is 19.4 Å². The fourth-order valence-electron chi connectivity index (χ4n) is 0.738. The first kappa shape index (κ1) is 7.06. The van der Waals surface area contributed by atoms with E-state index in [9.17, 15) is 0 Å². The number of hydrogen-bond donors (Lipinski definition) is 0. The van der Waals surface area contributed by atoms with Crippen molar-refractivity contribution in [3.8, 4) is 0 Å². The van der Waals surface area contributed by atoms with E-state index in [1.54, 1.807) is 6.20 Å². The van der Waals surface area contributed by atoms with Crippen LogP contribution in [0.25, 0.3) is 0 Å². The van der Waals surface area contributed by atoms with Gasteiger partial charge in [0.25, 0.3) is 0 Å². The molecule has 0 spiro atoms. The highest BCUT2D eigenvalue weighted by Crippen LogP contribution is 1.97. The summed E-state index contributed by atoms with van der Waals surface area (Å²) in [4.78, 5) is 0. The zero-order chi connectivity index (χ0) is 7.40. The molecular weight excluding hydrogens is 124 g/mol. The van der Waals surface area contributed by atoms with Crippen molar-refractivity contribution in [2.24, 2.45) is 0 Å². The average molecular weight is 136 g/mol. The van der Waals surface area contributed by atoms with Gasteiger partial charge in [0.15, 0.2) is 0 Å². The zero-order valence-corrected chi connectivity index (χ0v) is 6.25. The van der Waals surface area contributed by atoms with Gasteiger partial charge in [-0.25, -0.2) is 0 Å². The molecule has 0 atom stereocenters. The van der Waals surface area contributed by atoms with Gasteiger partial charge < -0.3 is 0 Å². The highest BCUT2D eigenvalue weighted by atomic mass is 15.3. The zero-order valence-electron chi connectivity index (χ0n) is 6.25. The lowest BCUT2D eigenvalue weighted by Crippen LogP contribution is -1.97. The summed E-state index contributed by atoms with van der Waals surface area (Å²) in [7, 11) is 0. The summed E-state index contributed by atoms with van der Waals surface area (Å²) in [5.74, 6) is 0. The van der Waals surface area contributed by atoms with Gasteiger partial charge in [0.05, 0.1) is 0 Å². The van der Waals surface area contributed by atoms with Gasteiger partial charge >= 0.3 is 0 Å². The van der Waals surface area contributed by atoms with Gasteiger partial charge in [0.1, 0.15) is 0 Å². The van der Waals surface area contributed by atoms with Crippen LogP contribution < -0.4 is 0 Å². The Morgan fingerprint density at radius 2 is 2.50 bits per heavy atom. The molecular formula is C8H12N2. The monoisotopic (exact) mass is 136 g/mol. The Morgan fingerprint density at radius 1 is 1.70 bits per heavy atom. The molecule has 0 saturated heterocycles. The molecule has 0 aromatic carbocycles. The largest absolute Gasteiger partial charge is 0.272 e. The van der Waals surface area contributed by atoms with Crippen LogP contribution in [-0.4, -0.2) is 9.78 Å². The molecule has 54 valence electrons. The van der Waals surface area contributed by atoms with E-state index in [1.165, 1.54) is 5.57 Å². The van der Waals surface area contributed by atoms with Crippen molar-refractivity contribution in [2.75, 3.05) is 0 Å². The summed E-state index contributed by atoms with van der Waals surface area (Å²) < 4.78 is 1.91. The topological polar surface area (TPSA) is 17.8 Å². The lowest BCUT2D eigenvalue weighted by atomic mass is 10.2. The lowest BCUT2D eigenvalue weighted by molar-refractivity contribution is 0.613. The first-order valence-corrected chi connectivity index (χ1v) is 3.41. The second-order valence-electron chi connectivity index (χ2n) is 2.48. The average Bonchev–Trinajstić information content (AvgIpc) is 2.34. The van der Waals surface area contributed by atoms with Crippen LogP contribution in [0.3, 0.4) is 0 Å². The molecule has 0 fully saturated rings. The van der Waals surface area contributed by atoms with Crippen molar-refractivity contribution in [3.05, 3.63) is 30.6 Å². The molecule has 0 aliphatic carbocycles. The molecule has 0 N–H and O–H groups in total. The highest BCUT2D eigenvalue weighted by molar-refractivity contribution is 4.88. The lowest BCUT2D eigenvalue weighted by Gasteiger charge is -1.98. The van der Waals surface area contributed by atoms with Gasteiger partial charge in [-0.3, -0.25) is 4.68 Å². The van der Waals surface area contributed by atoms with Crippen LogP contribution in [0.2, 0.25) is 0 Å². The number of nitrogens with zero attached hydrogens (tertiary/aromatic N) is 2. The molecule has 0 amide bonds. The Kier molecular flexibility index (Phi) is 2.26. The van der Waals surface area contributed by atoms with E-state index in [0.29, 0.717) is 0 Å². The summed E-state index contributed by atoms with van der Waals surface area (Å²) in [6.45, 7) is 6.79. The van der Waals surface area contributed by atoms with Crippen molar-refractivity contribution in [1.29, 1.82) is 0 Å². The first-order chi connectivity index (χ1) is 4.79. The van der Waals surface area contributed by atoms with Crippen LogP contribution in [-0.2, 0) is 6.54 Å². The molecule has 2 nitrogen and oxygen atoms in total. The van der Waals surface area contributed by atoms with E-state index < -0.39 is 0 Å². The standard InChI is InChI=1S/C8H12N2/c1-8(2)4-7-10-6-3-5-9-10/h3,5-6H,1,4,7H2,2H3. The summed E-state index contributed by atoms with van der Waals surface area (Å²) >= 11 is 0. The van der Waals surface area contributed by atoms with Crippen molar-refractivity contribution >= 4 is 0 Å². The number of aromatic nitrogens is 2. The van der Waals surface area contributed by atoms with Crippen LogP contribution in [0.1, 0.15) is 13.3 Å². The summed E-state index contributed by atoms with van der Waals surface area (Å²) in [5, 5.41) is 4.06. The van der Waals surface area contributed by atoms with Crippen LogP contribution in [0.15, 0.2) is 30.6 Å². The highest BCUT2D eigenvalue weighted by Gasteiger charge is 1.88. The molecule has 1 aromatic rings. The molecule has 0 unspecified atom stereocenters. The second-order valence-corrected chi connectivity index (χ2v) is 2.48. The fourth-order valence-corrected chi connectivity index (χ4v) is 0.738. The molecule has 1 rings (SSSR count). The first-order valence-electron chi connectivity index (χ1n) is 3.41. The maximum Gasteiger partial charge on any atom is 0.0489 e. The molecule has 2 heteroatoms. The van der Waals surface area contributed by atoms with Crippen molar-refractivity contribution in [3.63, 3.8) is 0 Å². The maximum atomic E-state index is 4.06. The Hall–Kier alpha value is -1.05. The summed E-state index contributed by atoms with van der Waals surface area (Å²) in [5.41, 5.74) is 1.20. The third kappa shape index (κ3) is 2.05. The fraction of sp³-hybridized carbons (Fsp3) is 0.375. The molecule has 0 saturated carbocycles. The summed E-state index contributed by atoms with van der Waals surface area (Å²) in [6.07, 6.45) is 4.77. The second kappa shape index (κ2) is 3.20. The minimum atomic E-state index is 0.947. The summed E-state index contributed by atoms with van der Waals surface area (Å²) in [6, 6.07) is 1.93. The molecule has 0 radical (unpaired) electrons. The predicted molar refractivity (Wildman–Crippen MR) is 41.7 cm³/mol. The minimum Gasteiger partial charge on any atom is -0.272 e. The molecule has 1 heterocycles. The minimum absolute atomic E-state index is 0.947. The van der Waals surface area contributed by atoms with Crippen LogP contribution in [0.5, 0.6) is 0 Å². The van der Waals surface area contributed by atoms with Crippen LogP contribution in [0, 0.1) is 0 Å². The van der Waals surface area contributed by atoms with Crippen LogP contribution >= 0.6 is 0 Å². The van der Waals surface area contributed by atoms with E-state index in [0.717, 1.165) is 13.0 Å². The number of aryl methyl sites for hydroxylation is 1. The van der Waals surface area contributed by atoms with E-state index in [-0.39, 0.29) is 0 Å². The Labute approximate surface area is 61.2 Å². The normalized spacial score (nSPS) is 9.70. The Balaban J connectivity index is 2.35. The Morgan fingerprint density at radius 3 is 3.00 bits per heavy atom. The van der Waals surface area contributed by atoms with Crippen LogP contribution in [0.4, 0.5) is 0 Å². The van der Waals surface area contributed by atoms with Gasteiger partial charge in [0.2, 0.25) is 0 Å². The van der Waals surface area contributed by atoms with Gasteiger partial charge in [-0.1, -0.05) is 5.57 Å². The van der Waals surface area contributed by atoms with E-state index in [2.05, 4.69) is 11.7 Å². The molecule has 0 bridgehead atoms. The molecule has 0 aliphatic rings. The maximum absolute atomic E-state index is 4.06. The third-order valence-corrected chi connectivity index (χ3v) is 1.33. The van der Waals surface area contributed by atoms with E-state index in [1.807, 2.05) is 23.9 Å². The number of rotatable bonds is 3. The van der Waals surface area contributed by atoms with Crippen molar-refractivity contribution < 1.29 is 0 Å². The van der Waals surface area contributed by atoms with E-state index in [4.69, 9.17) is 0 Å². The smallest absolute Gasteiger partial charge is 0.0489 e. The third-order valence-electron chi connectivity index (χ3n) is 1.33. The predicted octanol–water partition coefficient (Wildman–Crippen LogP) is 1.85. The quantitative estimate of drug-likeness (QED) is 0.580. The van der Waals surface area contributed by atoms with Crippen molar-refractivity contribution in [1.82, 2.24) is 9.78 Å².